The smallest absolute Gasteiger partial charge is 0.262 e. The molecule has 1 N–H and O–H groups in total. The molecule has 0 bridgehead atoms. The molecule has 0 unspecified atom stereocenters. The Balaban J connectivity index is 1.90. The highest BCUT2D eigenvalue weighted by molar-refractivity contribution is 7.92. The Bertz CT molecular complexity index is 1070. The number of hydrogen-bond acceptors (Lipinski definition) is 4. The van der Waals surface area contributed by atoms with E-state index in [-0.39, 0.29) is 4.90 Å². The van der Waals surface area contributed by atoms with Gasteiger partial charge in [-0.15, -0.1) is 0 Å². The molecular weight excluding hydrogens is 350 g/mol. The predicted octanol–water partition coefficient (Wildman–Crippen LogP) is 3.32. The van der Waals surface area contributed by atoms with Crippen LogP contribution in [0.2, 0.25) is 0 Å². The third-order valence-electron chi connectivity index (χ3n) is 4.27. The molecule has 134 valence electrons. The lowest BCUT2D eigenvalue weighted by Gasteiger charge is -2.09. The van der Waals surface area contributed by atoms with Gasteiger partial charge in [0.25, 0.3) is 10.0 Å². The quantitative estimate of drug-likeness (QED) is 0.700. The number of nitrogens with zero attached hydrogens (tertiary/aromatic N) is 2. The van der Waals surface area contributed by atoms with Gasteiger partial charge in [-0.2, -0.15) is 5.10 Å². The summed E-state index contributed by atoms with van der Waals surface area (Å²) in [5.74, 6) is 0. The summed E-state index contributed by atoms with van der Waals surface area (Å²) in [7, 11) is -1.95. The van der Waals surface area contributed by atoms with Crippen molar-refractivity contribution in [2.75, 3.05) is 4.72 Å². The van der Waals surface area contributed by atoms with Crippen LogP contribution in [0.4, 0.5) is 5.69 Å². The minimum absolute atomic E-state index is 0.162. The zero-order chi connectivity index (χ0) is 18.9. The van der Waals surface area contributed by atoms with Crippen molar-refractivity contribution in [2.45, 2.75) is 18.7 Å². The zero-order valence-corrected chi connectivity index (χ0v) is 15.5. The lowest BCUT2D eigenvalue weighted by molar-refractivity contribution is 0.112. The molecule has 0 amide bonds. The molecule has 3 aromatic rings. The third-order valence-corrected chi connectivity index (χ3v) is 5.63. The average Bonchev–Trinajstić information content (AvgIpc) is 2.88. The Morgan fingerprint density at radius 1 is 1.04 bits per heavy atom. The molecule has 0 spiro atoms. The van der Waals surface area contributed by atoms with E-state index in [4.69, 9.17) is 0 Å². The van der Waals surface area contributed by atoms with E-state index < -0.39 is 10.0 Å². The summed E-state index contributed by atoms with van der Waals surface area (Å²) < 4.78 is 29.6. The van der Waals surface area contributed by atoms with Crippen LogP contribution in [-0.2, 0) is 17.1 Å². The number of sulfonamides is 1. The Morgan fingerprint density at radius 2 is 1.73 bits per heavy atom. The first kappa shape index (κ1) is 17.9. The number of hydrogen-bond donors (Lipinski definition) is 1. The van der Waals surface area contributed by atoms with E-state index in [0.29, 0.717) is 16.9 Å². The second kappa shape index (κ2) is 6.76. The molecule has 2 aromatic carbocycles. The monoisotopic (exact) mass is 369 g/mol. The molecule has 0 aliphatic carbocycles. The number of aryl methyl sites for hydroxylation is 2. The van der Waals surface area contributed by atoms with Crippen LogP contribution in [-0.4, -0.2) is 24.5 Å². The highest BCUT2D eigenvalue weighted by Crippen LogP contribution is 2.25. The zero-order valence-electron chi connectivity index (χ0n) is 14.7. The van der Waals surface area contributed by atoms with Gasteiger partial charge in [-0.3, -0.25) is 14.2 Å². The minimum atomic E-state index is -3.72. The Morgan fingerprint density at radius 3 is 2.31 bits per heavy atom. The van der Waals surface area contributed by atoms with Gasteiger partial charge in [-0.05, 0) is 43.2 Å². The first-order valence-electron chi connectivity index (χ1n) is 8.00. The number of aldehydes is 1. The molecule has 26 heavy (non-hydrogen) atoms. The van der Waals surface area contributed by atoms with E-state index in [1.165, 1.54) is 0 Å². The number of rotatable bonds is 5. The summed E-state index contributed by atoms with van der Waals surface area (Å²) in [4.78, 5) is 11.1. The first-order valence-corrected chi connectivity index (χ1v) is 9.49. The number of anilines is 1. The third kappa shape index (κ3) is 3.39. The maximum atomic E-state index is 12.7. The SMILES string of the molecule is Cc1nn(C)c(C)c1NS(=O)(=O)c1ccc(-c2cccc(C=O)c2)cc1. The summed E-state index contributed by atoms with van der Waals surface area (Å²) in [6.07, 6.45) is 0.783. The van der Waals surface area contributed by atoms with E-state index in [9.17, 15) is 13.2 Å². The largest absolute Gasteiger partial charge is 0.298 e. The Labute approximate surface area is 152 Å². The van der Waals surface area contributed by atoms with Crippen molar-refractivity contribution < 1.29 is 13.2 Å². The maximum absolute atomic E-state index is 12.7. The lowest BCUT2D eigenvalue weighted by Crippen LogP contribution is -2.14. The number of benzene rings is 2. The van der Waals surface area contributed by atoms with E-state index in [0.717, 1.165) is 23.1 Å². The van der Waals surface area contributed by atoms with Gasteiger partial charge in [0.15, 0.2) is 0 Å². The molecule has 0 atom stereocenters. The minimum Gasteiger partial charge on any atom is -0.298 e. The highest BCUT2D eigenvalue weighted by Gasteiger charge is 2.19. The van der Waals surface area contributed by atoms with E-state index >= 15 is 0 Å². The summed E-state index contributed by atoms with van der Waals surface area (Å²) in [5.41, 5.74) is 4.12. The van der Waals surface area contributed by atoms with Crippen molar-refractivity contribution in [3.63, 3.8) is 0 Å². The van der Waals surface area contributed by atoms with Gasteiger partial charge in [0.05, 0.1) is 22.0 Å². The summed E-state index contributed by atoms with van der Waals surface area (Å²) in [6.45, 7) is 3.56. The van der Waals surface area contributed by atoms with Crippen LogP contribution in [0.15, 0.2) is 53.4 Å². The van der Waals surface area contributed by atoms with Gasteiger partial charge in [0, 0.05) is 12.6 Å². The fraction of sp³-hybridized carbons (Fsp3) is 0.158. The second-order valence-corrected chi connectivity index (χ2v) is 7.73. The van der Waals surface area contributed by atoms with Crippen molar-refractivity contribution in [1.82, 2.24) is 9.78 Å². The standard InChI is InChI=1S/C19H19N3O3S/c1-13-19(14(2)22(3)20-13)21-26(24,25)18-9-7-16(8-10-18)17-6-4-5-15(11-17)12-23/h4-12,21H,1-3H3. The van der Waals surface area contributed by atoms with Crippen LogP contribution in [0.25, 0.3) is 11.1 Å². The number of carbonyl (C=O) groups is 1. The topological polar surface area (TPSA) is 81.1 Å². The predicted molar refractivity (Wildman–Crippen MR) is 101 cm³/mol. The van der Waals surface area contributed by atoms with Gasteiger partial charge in [0.2, 0.25) is 0 Å². The molecule has 0 saturated carbocycles. The van der Waals surface area contributed by atoms with Crippen LogP contribution in [0, 0.1) is 13.8 Å². The maximum Gasteiger partial charge on any atom is 0.262 e. The van der Waals surface area contributed by atoms with Crippen molar-refractivity contribution in [3.8, 4) is 11.1 Å². The Hall–Kier alpha value is -2.93. The van der Waals surface area contributed by atoms with E-state index in [1.54, 1.807) is 68.0 Å². The normalized spacial score (nSPS) is 11.3. The lowest BCUT2D eigenvalue weighted by atomic mass is 10.0. The van der Waals surface area contributed by atoms with Gasteiger partial charge < -0.3 is 0 Å². The highest BCUT2D eigenvalue weighted by atomic mass is 32.2. The molecule has 0 radical (unpaired) electrons. The molecule has 0 aliphatic rings. The van der Waals surface area contributed by atoms with Crippen molar-refractivity contribution >= 4 is 22.0 Å². The van der Waals surface area contributed by atoms with Crippen molar-refractivity contribution in [1.29, 1.82) is 0 Å². The molecule has 0 fully saturated rings. The number of carbonyl (C=O) groups excluding carboxylic acids is 1. The van der Waals surface area contributed by atoms with Crippen LogP contribution < -0.4 is 4.72 Å². The molecule has 0 aliphatic heterocycles. The Kier molecular flexibility index (Phi) is 4.65. The molecule has 1 aromatic heterocycles. The van der Waals surface area contributed by atoms with Gasteiger partial charge >= 0.3 is 0 Å². The van der Waals surface area contributed by atoms with Gasteiger partial charge in [-0.25, -0.2) is 8.42 Å². The van der Waals surface area contributed by atoms with Crippen molar-refractivity contribution in [3.05, 3.63) is 65.5 Å². The molecule has 7 heteroatoms. The fourth-order valence-electron chi connectivity index (χ4n) is 2.73. The average molecular weight is 369 g/mol. The number of nitrogens with one attached hydrogen (secondary N) is 1. The van der Waals surface area contributed by atoms with Crippen LogP contribution in [0.3, 0.4) is 0 Å². The van der Waals surface area contributed by atoms with E-state index in [2.05, 4.69) is 9.82 Å². The molecule has 3 rings (SSSR count). The summed E-state index contributed by atoms with van der Waals surface area (Å²) in [5, 5.41) is 4.22. The first-order chi connectivity index (χ1) is 12.3. The van der Waals surface area contributed by atoms with Gasteiger partial charge in [-0.1, -0.05) is 30.3 Å². The van der Waals surface area contributed by atoms with Crippen LogP contribution >= 0.6 is 0 Å². The van der Waals surface area contributed by atoms with E-state index in [1.807, 2.05) is 6.07 Å². The summed E-state index contributed by atoms with van der Waals surface area (Å²) >= 11 is 0. The van der Waals surface area contributed by atoms with Crippen LogP contribution in [0.1, 0.15) is 21.7 Å². The molecule has 1 heterocycles. The van der Waals surface area contributed by atoms with Gasteiger partial charge in [0.1, 0.15) is 6.29 Å². The van der Waals surface area contributed by atoms with Crippen LogP contribution in [0.5, 0.6) is 0 Å². The molecule has 6 nitrogen and oxygen atoms in total. The van der Waals surface area contributed by atoms with Crippen molar-refractivity contribution in [2.24, 2.45) is 7.05 Å². The summed E-state index contributed by atoms with van der Waals surface area (Å²) in [6, 6.07) is 13.7. The fourth-order valence-corrected chi connectivity index (χ4v) is 3.91. The molecular formula is C19H19N3O3S. The molecule has 0 saturated heterocycles. The second-order valence-electron chi connectivity index (χ2n) is 6.04. The number of aromatic nitrogens is 2.